The molecule has 0 fully saturated rings. The van der Waals surface area contributed by atoms with E-state index in [9.17, 15) is 9.59 Å². The van der Waals surface area contributed by atoms with Gasteiger partial charge >= 0.3 is 0 Å². The molecule has 32 heavy (non-hydrogen) atoms. The molecule has 5 nitrogen and oxygen atoms in total. The molecule has 1 N–H and O–H groups in total. The van der Waals surface area contributed by atoms with Crippen LogP contribution in [-0.4, -0.2) is 23.7 Å². The number of hydrogen-bond acceptors (Lipinski definition) is 4. The first kappa shape index (κ1) is 23.2. The van der Waals surface area contributed by atoms with Crippen molar-refractivity contribution in [3.05, 3.63) is 95.1 Å². The molecule has 0 aliphatic heterocycles. The van der Waals surface area contributed by atoms with Gasteiger partial charge in [-0.3, -0.25) is 14.5 Å². The summed E-state index contributed by atoms with van der Waals surface area (Å²) in [5.41, 5.74) is 4.69. The number of ether oxygens (including phenoxy) is 1. The van der Waals surface area contributed by atoms with E-state index < -0.39 is 0 Å². The van der Waals surface area contributed by atoms with Gasteiger partial charge in [-0.15, -0.1) is 0 Å². The SMILES string of the molecule is COc1ccc(C(C)=O)cc1CN(Cc1ccccc1)C(C)c1cccc(NC(C)=O)c1. The fraction of sp³-hybridized carbons (Fsp3) is 0.259. The molecule has 1 unspecified atom stereocenters. The molecule has 1 amide bonds. The number of Topliss-reactive ketones (excluding diaryl/α,β-unsaturated/α-hetero) is 1. The number of carbonyl (C=O) groups is 2. The van der Waals surface area contributed by atoms with Crippen molar-refractivity contribution in [3.8, 4) is 5.75 Å². The summed E-state index contributed by atoms with van der Waals surface area (Å²) < 4.78 is 5.59. The zero-order valence-corrected chi connectivity index (χ0v) is 19.1. The first-order valence-corrected chi connectivity index (χ1v) is 10.7. The van der Waals surface area contributed by atoms with Crippen LogP contribution in [0.2, 0.25) is 0 Å². The standard InChI is InChI=1S/C27H30N2O3/c1-19(23-11-8-12-26(16-23)28-21(3)31)29(17-22-9-6-5-7-10-22)18-25-15-24(20(2)30)13-14-27(25)32-4/h5-16,19H,17-18H2,1-4H3,(H,28,31). The van der Waals surface area contributed by atoms with Gasteiger partial charge in [0, 0.05) is 42.9 Å². The molecule has 0 aliphatic rings. The van der Waals surface area contributed by atoms with Crippen molar-refractivity contribution < 1.29 is 14.3 Å². The maximum atomic E-state index is 12.0. The third kappa shape index (κ3) is 6.05. The maximum Gasteiger partial charge on any atom is 0.221 e. The molecule has 3 rings (SSSR count). The lowest BCUT2D eigenvalue weighted by Crippen LogP contribution is -2.27. The minimum Gasteiger partial charge on any atom is -0.496 e. The number of nitrogens with one attached hydrogen (secondary N) is 1. The van der Waals surface area contributed by atoms with Crippen LogP contribution in [0.15, 0.2) is 72.8 Å². The van der Waals surface area contributed by atoms with Gasteiger partial charge in [0.1, 0.15) is 5.75 Å². The number of ketones is 1. The summed E-state index contributed by atoms with van der Waals surface area (Å²) in [6.07, 6.45) is 0. The van der Waals surface area contributed by atoms with Crippen molar-refractivity contribution >= 4 is 17.4 Å². The zero-order valence-electron chi connectivity index (χ0n) is 19.1. The Labute approximate surface area is 190 Å². The number of anilines is 1. The lowest BCUT2D eigenvalue weighted by atomic mass is 10.0. The lowest BCUT2D eigenvalue weighted by molar-refractivity contribution is -0.114. The van der Waals surface area contributed by atoms with E-state index in [2.05, 4.69) is 35.3 Å². The third-order valence-electron chi connectivity index (χ3n) is 5.53. The van der Waals surface area contributed by atoms with Crippen molar-refractivity contribution in [3.63, 3.8) is 0 Å². The summed E-state index contributed by atoms with van der Waals surface area (Å²) in [5, 5.41) is 2.86. The number of methoxy groups -OCH3 is 1. The van der Waals surface area contributed by atoms with Gasteiger partial charge in [0.05, 0.1) is 7.11 Å². The second-order valence-corrected chi connectivity index (χ2v) is 7.96. The number of rotatable bonds is 9. The fourth-order valence-electron chi connectivity index (χ4n) is 3.78. The van der Waals surface area contributed by atoms with Gasteiger partial charge in [0.15, 0.2) is 5.78 Å². The van der Waals surface area contributed by atoms with Crippen LogP contribution in [0, 0.1) is 0 Å². The number of benzene rings is 3. The van der Waals surface area contributed by atoms with Gasteiger partial charge in [-0.2, -0.15) is 0 Å². The van der Waals surface area contributed by atoms with Crippen molar-refractivity contribution in [1.29, 1.82) is 0 Å². The van der Waals surface area contributed by atoms with Gasteiger partial charge in [0.2, 0.25) is 5.91 Å². The van der Waals surface area contributed by atoms with Crippen molar-refractivity contribution in [2.75, 3.05) is 12.4 Å². The number of hydrogen-bond donors (Lipinski definition) is 1. The molecule has 0 saturated heterocycles. The summed E-state index contributed by atoms with van der Waals surface area (Å²) in [4.78, 5) is 25.8. The Bertz CT molecular complexity index is 1080. The molecule has 0 bridgehead atoms. The van der Waals surface area contributed by atoms with Crippen LogP contribution in [0.3, 0.4) is 0 Å². The molecule has 1 atom stereocenters. The molecule has 0 radical (unpaired) electrons. The molecule has 166 valence electrons. The highest BCUT2D eigenvalue weighted by atomic mass is 16.5. The Morgan fingerprint density at radius 1 is 0.938 bits per heavy atom. The van der Waals surface area contributed by atoms with Crippen LogP contribution in [0.25, 0.3) is 0 Å². The van der Waals surface area contributed by atoms with Gasteiger partial charge < -0.3 is 10.1 Å². The molecule has 3 aromatic carbocycles. The summed E-state index contributed by atoms with van der Waals surface area (Å²) in [6.45, 7) is 6.55. The Kier molecular flexibility index (Phi) is 7.79. The van der Waals surface area contributed by atoms with Gasteiger partial charge in [-0.05, 0) is 55.3 Å². The number of nitrogens with zero attached hydrogens (tertiary/aromatic N) is 1. The van der Waals surface area contributed by atoms with Crippen LogP contribution in [0.5, 0.6) is 5.75 Å². The summed E-state index contributed by atoms with van der Waals surface area (Å²) in [5.74, 6) is 0.688. The average molecular weight is 431 g/mol. The van der Waals surface area contributed by atoms with Crippen LogP contribution >= 0.6 is 0 Å². The van der Waals surface area contributed by atoms with Crippen molar-refractivity contribution in [2.24, 2.45) is 0 Å². The Balaban J connectivity index is 1.96. The molecule has 3 aromatic rings. The van der Waals surface area contributed by atoms with Crippen molar-refractivity contribution in [2.45, 2.75) is 39.9 Å². The highest BCUT2D eigenvalue weighted by molar-refractivity contribution is 5.94. The van der Waals surface area contributed by atoms with E-state index in [1.54, 1.807) is 20.1 Å². The number of amides is 1. The zero-order chi connectivity index (χ0) is 23.1. The second kappa shape index (κ2) is 10.7. The normalized spacial score (nSPS) is 11.8. The highest BCUT2D eigenvalue weighted by Gasteiger charge is 2.20. The first-order valence-electron chi connectivity index (χ1n) is 10.7. The Morgan fingerprint density at radius 3 is 2.34 bits per heavy atom. The Hall–Kier alpha value is -3.44. The average Bonchev–Trinajstić information content (AvgIpc) is 2.78. The van der Waals surface area contributed by atoms with Gasteiger partial charge in [-0.25, -0.2) is 0 Å². The van der Waals surface area contributed by atoms with E-state index in [0.29, 0.717) is 12.1 Å². The lowest BCUT2D eigenvalue weighted by Gasteiger charge is -2.30. The van der Waals surface area contributed by atoms with Crippen molar-refractivity contribution in [1.82, 2.24) is 4.90 Å². The third-order valence-corrected chi connectivity index (χ3v) is 5.53. The minimum atomic E-state index is -0.0956. The first-order chi connectivity index (χ1) is 15.4. The largest absolute Gasteiger partial charge is 0.496 e. The molecule has 0 aromatic heterocycles. The predicted octanol–water partition coefficient (Wildman–Crippen LogP) is 5.62. The van der Waals surface area contributed by atoms with Gasteiger partial charge in [0.25, 0.3) is 0 Å². The summed E-state index contributed by atoms with van der Waals surface area (Å²) in [6, 6.07) is 23.8. The molecule has 0 heterocycles. The van der Waals surface area contributed by atoms with E-state index in [4.69, 9.17) is 4.74 Å². The van der Waals surface area contributed by atoms with E-state index in [0.717, 1.165) is 29.1 Å². The fourth-order valence-corrected chi connectivity index (χ4v) is 3.78. The minimum absolute atomic E-state index is 0.0274. The molecule has 5 heteroatoms. The van der Waals surface area contributed by atoms with E-state index in [-0.39, 0.29) is 17.7 Å². The highest BCUT2D eigenvalue weighted by Crippen LogP contribution is 2.30. The Morgan fingerprint density at radius 2 is 1.69 bits per heavy atom. The molecule has 0 aliphatic carbocycles. The van der Waals surface area contributed by atoms with E-state index in [1.165, 1.54) is 12.5 Å². The van der Waals surface area contributed by atoms with E-state index in [1.807, 2.05) is 48.5 Å². The monoisotopic (exact) mass is 430 g/mol. The summed E-state index contributed by atoms with van der Waals surface area (Å²) >= 11 is 0. The molecular weight excluding hydrogens is 400 g/mol. The topological polar surface area (TPSA) is 58.6 Å². The number of carbonyl (C=O) groups excluding carboxylic acids is 2. The molecular formula is C27H30N2O3. The maximum absolute atomic E-state index is 12.0. The molecule has 0 spiro atoms. The smallest absolute Gasteiger partial charge is 0.221 e. The quantitative estimate of drug-likeness (QED) is 0.448. The molecule has 0 saturated carbocycles. The van der Waals surface area contributed by atoms with Gasteiger partial charge in [-0.1, -0.05) is 42.5 Å². The second-order valence-electron chi connectivity index (χ2n) is 7.96. The summed E-state index contributed by atoms with van der Waals surface area (Å²) in [7, 11) is 1.65. The van der Waals surface area contributed by atoms with Crippen LogP contribution in [-0.2, 0) is 17.9 Å². The predicted molar refractivity (Wildman–Crippen MR) is 128 cm³/mol. The van der Waals surface area contributed by atoms with Crippen LogP contribution in [0.4, 0.5) is 5.69 Å². The van der Waals surface area contributed by atoms with Crippen LogP contribution < -0.4 is 10.1 Å². The van der Waals surface area contributed by atoms with Crippen LogP contribution in [0.1, 0.15) is 53.9 Å². The van der Waals surface area contributed by atoms with E-state index >= 15 is 0 Å².